The molecular formula is C22H22F6N2O2S. The third-order valence-electron chi connectivity index (χ3n) is 5.48. The largest absolute Gasteiger partial charge is 0.593 e. The molecule has 0 amide bonds. The molecule has 0 bridgehead atoms. The summed E-state index contributed by atoms with van der Waals surface area (Å²) in [7, 11) is 0. The van der Waals surface area contributed by atoms with Gasteiger partial charge in [-0.15, -0.1) is 4.72 Å². The van der Waals surface area contributed by atoms with Gasteiger partial charge in [0.05, 0.1) is 34.6 Å². The summed E-state index contributed by atoms with van der Waals surface area (Å²) in [6, 6.07) is 8.41. The molecule has 0 radical (unpaired) electrons. The van der Waals surface area contributed by atoms with Gasteiger partial charge in [0, 0.05) is 31.8 Å². The van der Waals surface area contributed by atoms with E-state index in [0.29, 0.717) is 44.3 Å². The fourth-order valence-corrected chi connectivity index (χ4v) is 4.73. The molecule has 4 rings (SSSR count). The van der Waals surface area contributed by atoms with Gasteiger partial charge >= 0.3 is 12.4 Å². The highest BCUT2D eigenvalue weighted by Crippen LogP contribution is 2.37. The molecule has 1 N–H and O–H groups in total. The summed E-state index contributed by atoms with van der Waals surface area (Å²) in [6.07, 6.45) is -6.94. The number of hydrogen-bond acceptors (Lipinski definition) is 4. The predicted octanol–water partition coefficient (Wildman–Crippen LogP) is 5.15. The number of likely N-dealkylation sites (tertiary alicyclic amines) is 1. The van der Waals surface area contributed by atoms with Crippen LogP contribution in [-0.4, -0.2) is 34.7 Å². The molecule has 1 heterocycles. The summed E-state index contributed by atoms with van der Waals surface area (Å²) in [6.45, 7) is 1.75. The van der Waals surface area contributed by atoms with E-state index >= 15 is 0 Å². The highest BCUT2D eigenvalue weighted by atomic mass is 32.2. The summed E-state index contributed by atoms with van der Waals surface area (Å²) in [5, 5.41) is 0. The Morgan fingerprint density at radius 3 is 2.09 bits per heavy atom. The number of nitrogens with one attached hydrogen (secondary N) is 1. The van der Waals surface area contributed by atoms with E-state index in [1.807, 2.05) is 24.3 Å². The number of nitrogens with zero attached hydrogens (tertiary/aromatic N) is 1. The van der Waals surface area contributed by atoms with Crippen molar-refractivity contribution in [1.29, 1.82) is 0 Å². The second-order valence-electron chi connectivity index (χ2n) is 8.31. The molecule has 180 valence electrons. The minimum absolute atomic E-state index is 0.0268. The predicted molar refractivity (Wildman–Crippen MR) is 110 cm³/mol. The van der Waals surface area contributed by atoms with E-state index in [0.717, 1.165) is 24.2 Å². The third kappa shape index (κ3) is 6.56. The first-order valence-corrected chi connectivity index (χ1v) is 11.6. The van der Waals surface area contributed by atoms with E-state index in [1.165, 1.54) is 0 Å². The number of rotatable bonds is 7. The van der Waals surface area contributed by atoms with Gasteiger partial charge < -0.3 is 9.29 Å². The third-order valence-corrected chi connectivity index (χ3v) is 6.69. The minimum Gasteiger partial charge on any atom is -0.593 e. The lowest BCUT2D eigenvalue weighted by Crippen LogP contribution is -2.37. The monoisotopic (exact) mass is 492 g/mol. The Morgan fingerprint density at radius 2 is 1.55 bits per heavy atom. The fourth-order valence-electron chi connectivity index (χ4n) is 3.64. The topological polar surface area (TPSA) is 47.6 Å². The van der Waals surface area contributed by atoms with E-state index in [2.05, 4.69) is 9.62 Å². The lowest BCUT2D eigenvalue weighted by molar-refractivity contribution is -0.143. The van der Waals surface area contributed by atoms with Gasteiger partial charge in [0.1, 0.15) is 5.75 Å². The van der Waals surface area contributed by atoms with Gasteiger partial charge in [-0.05, 0) is 43.0 Å². The van der Waals surface area contributed by atoms with Crippen molar-refractivity contribution >= 4 is 11.4 Å². The molecule has 0 spiro atoms. The Labute approximate surface area is 190 Å². The van der Waals surface area contributed by atoms with Crippen LogP contribution in [0.4, 0.5) is 26.3 Å². The van der Waals surface area contributed by atoms with Crippen LogP contribution in [0.1, 0.15) is 36.0 Å². The van der Waals surface area contributed by atoms with Gasteiger partial charge in [0.15, 0.2) is 4.90 Å². The molecule has 2 aromatic carbocycles. The molecule has 33 heavy (non-hydrogen) atoms. The van der Waals surface area contributed by atoms with Crippen LogP contribution in [0.25, 0.3) is 0 Å². The number of halogens is 6. The second-order valence-corrected chi connectivity index (χ2v) is 9.55. The fraction of sp³-hybridized carbons (Fsp3) is 0.455. The van der Waals surface area contributed by atoms with Crippen LogP contribution < -0.4 is 9.46 Å². The molecule has 2 atom stereocenters. The average molecular weight is 492 g/mol. The molecular weight excluding hydrogens is 470 g/mol. The number of alkyl halides is 6. The van der Waals surface area contributed by atoms with Crippen molar-refractivity contribution in [2.45, 2.75) is 55.2 Å². The lowest BCUT2D eigenvalue weighted by Gasteiger charge is -2.19. The zero-order valence-electron chi connectivity index (χ0n) is 17.4. The van der Waals surface area contributed by atoms with E-state index in [9.17, 15) is 30.9 Å². The number of hydrogen-bond donors (Lipinski definition) is 1. The maximum absolute atomic E-state index is 13.1. The number of ether oxygens (including phenoxy) is 1. The molecule has 2 aromatic rings. The molecule has 2 aliphatic rings. The molecule has 1 saturated carbocycles. The normalized spacial score (nSPS) is 20.8. The molecule has 4 nitrogen and oxygen atoms in total. The van der Waals surface area contributed by atoms with Gasteiger partial charge in [-0.2, -0.15) is 26.3 Å². The quantitative estimate of drug-likeness (QED) is 0.429. The summed E-state index contributed by atoms with van der Waals surface area (Å²) in [5.74, 6) is 0.817. The molecule has 2 fully saturated rings. The van der Waals surface area contributed by atoms with Crippen LogP contribution in [0.15, 0.2) is 47.4 Å². The summed E-state index contributed by atoms with van der Waals surface area (Å²) < 4.78 is 99.3. The smallest absolute Gasteiger partial charge is 0.416 e. The highest BCUT2D eigenvalue weighted by Gasteiger charge is 2.39. The van der Waals surface area contributed by atoms with Crippen molar-refractivity contribution in [2.24, 2.45) is 0 Å². The van der Waals surface area contributed by atoms with Crippen molar-refractivity contribution in [3.8, 4) is 5.75 Å². The van der Waals surface area contributed by atoms with Crippen molar-refractivity contribution < 1.29 is 35.6 Å². The van der Waals surface area contributed by atoms with Gasteiger partial charge in [-0.3, -0.25) is 4.90 Å². The van der Waals surface area contributed by atoms with Crippen molar-refractivity contribution in [1.82, 2.24) is 9.62 Å². The highest BCUT2D eigenvalue weighted by molar-refractivity contribution is 7.89. The lowest BCUT2D eigenvalue weighted by atomic mass is 10.1. The summed E-state index contributed by atoms with van der Waals surface area (Å²) >= 11 is -2.22. The molecule has 1 aliphatic carbocycles. The van der Waals surface area contributed by atoms with Gasteiger partial charge in [0.2, 0.25) is 0 Å². The van der Waals surface area contributed by atoms with Crippen LogP contribution in [0.3, 0.4) is 0 Å². The number of benzene rings is 2. The van der Waals surface area contributed by atoms with Gasteiger partial charge in [-0.1, -0.05) is 12.1 Å². The molecule has 0 aromatic heterocycles. The standard InChI is InChI=1S/C22H22F6N2O2S/c23-21(24,25)15-9-16(22(26,27)28)11-20(10-15)33(31)29-17-7-8-30(13-17)12-14-1-3-18(4-2-14)32-19-5-6-19/h1-4,9-11,17,19,29H,5-8,12-13H2/t17-,33?/m1/s1. The first-order chi connectivity index (χ1) is 15.5. The van der Waals surface area contributed by atoms with Crippen LogP contribution in [0, 0.1) is 0 Å². The zero-order chi connectivity index (χ0) is 23.8. The van der Waals surface area contributed by atoms with Crippen LogP contribution in [0.2, 0.25) is 0 Å². The van der Waals surface area contributed by atoms with Crippen molar-refractivity contribution in [3.63, 3.8) is 0 Å². The van der Waals surface area contributed by atoms with Gasteiger partial charge in [0.25, 0.3) is 0 Å². The van der Waals surface area contributed by atoms with E-state index in [-0.39, 0.29) is 12.1 Å². The van der Waals surface area contributed by atoms with E-state index in [1.54, 1.807) is 0 Å². The van der Waals surface area contributed by atoms with E-state index in [4.69, 9.17) is 4.74 Å². The van der Waals surface area contributed by atoms with Crippen LogP contribution >= 0.6 is 0 Å². The van der Waals surface area contributed by atoms with Crippen molar-refractivity contribution in [3.05, 3.63) is 59.2 Å². The first kappa shape index (κ1) is 24.2. The van der Waals surface area contributed by atoms with Crippen molar-refractivity contribution in [2.75, 3.05) is 13.1 Å². The maximum atomic E-state index is 13.1. The first-order valence-electron chi connectivity index (χ1n) is 10.4. The molecule has 11 heteroatoms. The Kier molecular flexibility index (Phi) is 6.86. The Bertz CT molecular complexity index is 931. The SMILES string of the molecule is [O-][S+](N[C@@H]1CCN(Cc2ccc(OC3CC3)cc2)C1)c1cc(C(F)(F)F)cc(C(F)(F)F)c1. The minimum atomic E-state index is -4.98. The van der Waals surface area contributed by atoms with Crippen LogP contribution in [-0.2, 0) is 30.3 Å². The van der Waals surface area contributed by atoms with Crippen LogP contribution in [0.5, 0.6) is 5.75 Å². The summed E-state index contributed by atoms with van der Waals surface area (Å²) in [4.78, 5) is 1.53. The Morgan fingerprint density at radius 1 is 0.939 bits per heavy atom. The Balaban J connectivity index is 1.36. The van der Waals surface area contributed by atoms with E-state index < -0.39 is 39.7 Å². The molecule has 1 saturated heterocycles. The molecule has 1 aliphatic heterocycles. The average Bonchev–Trinajstić information content (AvgIpc) is 3.45. The Hall–Kier alpha value is -1.95. The molecule has 1 unspecified atom stereocenters. The zero-order valence-corrected chi connectivity index (χ0v) is 18.2. The summed E-state index contributed by atoms with van der Waals surface area (Å²) in [5.41, 5.74) is -1.91. The second kappa shape index (κ2) is 9.36. The van der Waals surface area contributed by atoms with Gasteiger partial charge in [-0.25, -0.2) is 0 Å². The maximum Gasteiger partial charge on any atom is 0.416 e.